The normalized spacial score (nSPS) is 11.1. The minimum Gasteiger partial charge on any atom is -0.491 e. The van der Waals surface area contributed by atoms with Crippen LogP contribution in [0.4, 0.5) is 0 Å². The fourth-order valence-electron chi connectivity index (χ4n) is 3.77. The molecule has 3 aromatic rings. The Kier molecular flexibility index (Phi) is 6.63. The Hall–Kier alpha value is -3.05. The number of carboxylic acid groups (broad SMARTS) is 1. The standard InChI is InChI=1S/C25H30N2O3/c1-16(2)30-22-12-8-20(9-13-22)14-26-15-23-18(4)27(19(5)24(23)25(28)29)21-10-6-17(3)7-11-21/h6-13,16,26H,14-15H2,1-5H3,(H,28,29). The van der Waals surface area contributed by atoms with Gasteiger partial charge in [0, 0.05) is 35.7 Å². The lowest BCUT2D eigenvalue weighted by Gasteiger charge is -2.11. The van der Waals surface area contributed by atoms with E-state index in [1.807, 2.05) is 87.7 Å². The molecule has 0 aliphatic rings. The van der Waals surface area contributed by atoms with E-state index in [2.05, 4.69) is 5.32 Å². The van der Waals surface area contributed by atoms with Gasteiger partial charge in [-0.1, -0.05) is 29.8 Å². The maximum atomic E-state index is 12.0. The number of carboxylic acids is 1. The first-order valence-electron chi connectivity index (χ1n) is 10.3. The predicted molar refractivity (Wildman–Crippen MR) is 120 cm³/mol. The summed E-state index contributed by atoms with van der Waals surface area (Å²) in [4.78, 5) is 12.0. The summed E-state index contributed by atoms with van der Waals surface area (Å²) in [6, 6.07) is 16.1. The Labute approximate surface area is 178 Å². The number of nitrogens with zero attached hydrogens (tertiary/aromatic N) is 1. The van der Waals surface area contributed by atoms with Crippen LogP contribution < -0.4 is 10.1 Å². The van der Waals surface area contributed by atoms with E-state index in [9.17, 15) is 9.90 Å². The van der Waals surface area contributed by atoms with Crippen LogP contribution in [0.5, 0.6) is 5.75 Å². The maximum Gasteiger partial charge on any atom is 0.337 e. The van der Waals surface area contributed by atoms with Crippen molar-refractivity contribution in [3.05, 3.63) is 82.2 Å². The number of aromatic nitrogens is 1. The minimum absolute atomic E-state index is 0.146. The Morgan fingerprint density at radius 2 is 1.60 bits per heavy atom. The molecule has 1 aromatic heterocycles. The number of carbonyl (C=O) groups is 1. The monoisotopic (exact) mass is 406 g/mol. The van der Waals surface area contributed by atoms with Crippen molar-refractivity contribution in [2.75, 3.05) is 0 Å². The molecule has 0 bridgehead atoms. The number of ether oxygens (including phenoxy) is 1. The zero-order chi connectivity index (χ0) is 21.8. The van der Waals surface area contributed by atoms with Crippen LogP contribution in [0, 0.1) is 20.8 Å². The van der Waals surface area contributed by atoms with Crippen molar-refractivity contribution < 1.29 is 14.6 Å². The molecule has 2 aromatic carbocycles. The summed E-state index contributed by atoms with van der Waals surface area (Å²) >= 11 is 0. The van der Waals surface area contributed by atoms with Crippen LogP contribution in [0.15, 0.2) is 48.5 Å². The summed E-state index contributed by atoms with van der Waals surface area (Å²) in [5.41, 5.74) is 6.16. The van der Waals surface area contributed by atoms with Crippen LogP contribution in [0.2, 0.25) is 0 Å². The van der Waals surface area contributed by atoms with Crippen molar-refractivity contribution in [3.63, 3.8) is 0 Å². The molecule has 0 aliphatic heterocycles. The third-order valence-corrected chi connectivity index (χ3v) is 5.20. The summed E-state index contributed by atoms with van der Waals surface area (Å²) in [5.74, 6) is -0.0444. The Morgan fingerprint density at radius 1 is 0.967 bits per heavy atom. The molecular weight excluding hydrogens is 376 g/mol. The van der Waals surface area contributed by atoms with Gasteiger partial charge < -0.3 is 19.7 Å². The zero-order valence-electron chi connectivity index (χ0n) is 18.3. The first-order valence-corrected chi connectivity index (χ1v) is 10.3. The van der Waals surface area contributed by atoms with Crippen molar-refractivity contribution in [2.24, 2.45) is 0 Å². The fraction of sp³-hybridized carbons (Fsp3) is 0.320. The van der Waals surface area contributed by atoms with Crippen LogP contribution in [0.3, 0.4) is 0 Å². The van der Waals surface area contributed by atoms with Crippen molar-refractivity contribution >= 4 is 5.97 Å². The van der Waals surface area contributed by atoms with E-state index < -0.39 is 5.97 Å². The highest BCUT2D eigenvalue weighted by molar-refractivity contribution is 5.91. The third kappa shape index (κ3) is 4.74. The number of benzene rings is 2. The zero-order valence-corrected chi connectivity index (χ0v) is 18.3. The summed E-state index contributed by atoms with van der Waals surface area (Å²) in [6.45, 7) is 11.0. The number of hydrogen-bond donors (Lipinski definition) is 2. The lowest BCUT2D eigenvalue weighted by atomic mass is 10.1. The smallest absolute Gasteiger partial charge is 0.337 e. The summed E-state index contributed by atoms with van der Waals surface area (Å²) in [5, 5.41) is 13.2. The number of hydrogen-bond acceptors (Lipinski definition) is 3. The van der Waals surface area contributed by atoms with Gasteiger partial charge >= 0.3 is 5.97 Å². The number of aromatic carboxylic acids is 1. The maximum absolute atomic E-state index is 12.0. The van der Waals surface area contributed by atoms with Gasteiger partial charge in [-0.3, -0.25) is 0 Å². The van der Waals surface area contributed by atoms with Gasteiger partial charge in [0.2, 0.25) is 0 Å². The molecule has 158 valence electrons. The molecule has 5 nitrogen and oxygen atoms in total. The molecule has 1 heterocycles. The van der Waals surface area contributed by atoms with Crippen LogP contribution >= 0.6 is 0 Å². The van der Waals surface area contributed by atoms with Gasteiger partial charge in [0.25, 0.3) is 0 Å². The van der Waals surface area contributed by atoms with Crippen molar-refractivity contribution in [2.45, 2.75) is 53.8 Å². The molecule has 0 amide bonds. The molecule has 0 atom stereocenters. The largest absolute Gasteiger partial charge is 0.491 e. The van der Waals surface area contributed by atoms with Crippen LogP contribution in [-0.2, 0) is 13.1 Å². The Bertz CT molecular complexity index is 1020. The van der Waals surface area contributed by atoms with Crippen molar-refractivity contribution in [3.8, 4) is 11.4 Å². The van der Waals surface area contributed by atoms with E-state index in [0.717, 1.165) is 34.0 Å². The molecular formula is C25H30N2O3. The lowest BCUT2D eigenvalue weighted by Crippen LogP contribution is -2.15. The second-order valence-electron chi connectivity index (χ2n) is 7.91. The quantitative estimate of drug-likeness (QED) is 0.541. The molecule has 0 unspecified atom stereocenters. The minimum atomic E-state index is -0.895. The molecule has 0 saturated carbocycles. The van der Waals surface area contributed by atoms with Gasteiger partial charge in [-0.2, -0.15) is 0 Å². The van der Waals surface area contributed by atoms with Crippen LogP contribution in [-0.4, -0.2) is 21.7 Å². The highest BCUT2D eigenvalue weighted by atomic mass is 16.5. The summed E-state index contributed by atoms with van der Waals surface area (Å²) < 4.78 is 7.70. The summed E-state index contributed by atoms with van der Waals surface area (Å²) in [6.07, 6.45) is 0.146. The molecule has 0 radical (unpaired) electrons. The summed E-state index contributed by atoms with van der Waals surface area (Å²) in [7, 11) is 0. The van der Waals surface area contributed by atoms with Crippen LogP contribution in [0.25, 0.3) is 5.69 Å². The van der Waals surface area contributed by atoms with Gasteiger partial charge in [-0.05, 0) is 64.4 Å². The molecule has 30 heavy (non-hydrogen) atoms. The van der Waals surface area contributed by atoms with E-state index in [-0.39, 0.29) is 6.10 Å². The van der Waals surface area contributed by atoms with Gasteiger partial charge in [0.15, 0.2) is 0 Å². The van der Waals surface area contributed by atoms with E-state index in [1.54, 1.807) is 0 Å². The van der Waals surface area contributed by atoms with Crippen molar-refractivity contribution in [1.29, 1.82) is 0 Å². The molecule has 0 spiro atoms. The topological polar surface area (TPSA) is 63.5 Å². The second kappa shape index (κ2) is 9.18. The Balaban J connectivity index is 1.79. The second-order valence-corrected chi connectivity index (χ2v) is 7.91. The van der Waals surface area contributed by atoms with Crippen LogP contribution in [0.1, 0.15) is 52.3 Å². The fourth-order valence-corrected chi connectivity index (χ4v) is 3.77. The SMILES string of the molecule is Cc1ccc(-n2c(C)c(CNCc3ccc(OC(C)C)cc3)c(C(=O)O)c2C)cc1. The van der Waals surface area contributed by atoms with Gasteiger partial charge in [0.05, 0.1) is 11.7 Å². The molecule has 3 rings (SSSR count). The first kappa shape index (κ1) is 21.7. The Morgan fingerprint density at radius 3 is 2.17 bits per heavy atom. The third-order valence-electron chi connectivity index (χ3n) is 5.20. The molecule has 0 fully saturated rings. The average molecular weight is 407 g/mol. The van der Waals surface area contributed by atoms with Crippen molar-refractivity contribution in [1.82, 2.24) is 9.88 Å². The highest BCUT2D eigenvalue weighted by Crippen LogP contribution is 2.27. The lowest BCUT2D eigenvalue weighted by molar-refractivity contribution is 0.0695. The van der Waals surface area contributed by atoms with E-state index >= 15 is 0 Å². The molecule has 5 heteroatoms. The number of nitrogens with one attached hydrogen (secondary N) is 1. The first-order chi connectivity index (χ1) is 14.3. The predicted octanol–water partition coefficient (Wildman–Crippen LogP) is 5.18. The molecule has 0 saturated heterocycles. The number of aryl methyl sites for hydroxylation is 1. The van der Waals surface area contributed by atoms with Gasteiger partial charge in [-0.15, -0.1) is 0 Å². The van der Waals surface area contributed by atoms with E-state index in [0.29, 0.717) is 18.7 Å². The van der Waals surface area contributed by atoms with Gasteiger partial charge in [0.1, 0.15) is 5.75 Å². The molecule has 0 aliphatic carbocycles. The average Bonchev–Trinajstić information content (AvgIpc) is 2.94. The number of rotatable bonds is 8. The van der Waals surface area contributed by atoms with E-state index in [1.165, 1.54) is 5.56 Å². The molecule has 2 N–H and O–H groups in total. The van der Waals surface area contributed by atoms with Gasteiger partial charge in [-0.25, -0.2) is 4.79 Å². The highest BCUT2D eigenvalue weighted by Gasteiger charge is 2.23. The van der Waals surface area contributed by atoms with E-state index in [4.69, 9.17) is 4.74 Å².